The van der Waals surface area contributed by atoms with E-state index >= 15 is 0 Å². The Balaban J connectivity index is 2.80. The van der Waals surface area contributed by atoms with Gasteiger partial charge >= 0.3 is 5.97 Å². The van der Waals surface area contributed by atoms with Gasteiger partial charge < -0.3 is 15.2 Å². The lowest BCUT2D eigenvalue weighted by Gasteiger charge is -2.07. The average Bonchev–Trinajstić information content (AvgIpc) is 2.37. The van der Waals surface area contributed by atoms with Crippen LogP contribution in [0.3, 0.4) is 0 Å². The van der Waals surface area contributed by atoms with E-state index in [0.29, 0.717) is 24.3 Å². The van der Waals surface area contributed by atoms with Crippen LogP contribution in [0.2, 0.25) is 0 Å². The molecule has 2 N–H and O–H groups in total. The predicted molar refractivity (Wildman–Crippen MR) is 72.3 cm³/mol. The Morgan fingerprint density at radius 2 is 2.16 bits per heavy atom. The van der Waals surface area contributed by atoms with Crippen LogP contribution in [0.1, 0.15) is 29.3 Å². The van der Waals surface area contributed by atoms with Crippen molar-refractivity contribution in [1.82, 2.24) is 5.32 Å². The van der Waals surface area contributed by atoms with Crippen LogP contribution in [0, 0.1) is 0 Å². The molecule has 0 aliphatic carbocycles. The van der Waals surface area contributed by atoms with Crippen molar-refractivity contribution in [2.24, 2.45) is 0 Å². The number of hydrogen-bond acceptors (Lipinski definition) is 3. The third-order valence-electron chi connectivity index (χ3n) is 2.47. The largest absolute Gasteiger partial charge is 0.496 e. The first-order valence-corrected chi connectivity index (χ1v) is 5.87. The molecule has 102 valence electrons. The van der Waals surface area contributed by atoms with Gasteiger partial charge in [-0.15, -0.1) is 0 Å². The lowest BCUT2D eigenvalue weighted by Crippen LogP contribution is -2.20. The van der Waals surface area contributed by atoms with Gasteiger partial charge in [0.2, 0.25) is 5.91 Å². The van der Waals surface area contributed by atoms with Crippen LogP contribution in [0.15, 0.2) is 24.3 Å². The summed E-state index contributed by atoms with van der Waals surface area (Å²) in [4.78, 5) is 21.9. The van der Waals surface area contributed by atoms with Crippen molar-refractivity contribution in [1.29, 1.82) is 0 Å². The van der Waals surface area contributed by atoms with Gasteiger partial charge in [-0.05, 0) is 18.1 Å². The standard InChI is InChI=1S/C14H17NO4/c1-10(16)15-9-4-3-6-11-7-5-8-12(19-2)13(11)14(17)18/h3,5-8H,4,9H2,1-2H3,(H,15,16)(H,17,18). The zero-order valence-electron chi connectivity index (χ0n) is 11.0. The molecule has 19 heavy (non-hydrogen) atoms. The van der Waals surface area contributed by atoms with E-state index in [1.165, 1.54) is 14.0 Å². The highest BCUT2D eigenvalue weighted by molar-refractivity contribution is 5.95. The number of amides is 1. The molecule has 0 unspecified atom stereocenters. The van der Waals surface area contributed by atoms with E-state index in [9.17, 15) is 14.7 Å². The van der Waals surface area contributed by atoms with E-state index in [-0.39, 0.29) is 11.5 Å². The number of methoxy groups -OCH3 is 1. The number of carboxylic acids is 1. The molecule has 0 spiro atoms. The Labute approximate surface area is 111 Å². The lowest BCUT2D eigenvalue weighted by molar-refractivity contribution is -0.118. The lowest BCUT2D eigenvalue weighted by atomic mass is 10.1. The molecule has 0 saturated heterocycles. The molecule has 0 atom stereocenters. The summed E-state index contributed by atoms with van der Waals surface area (Å²) in [6, 6.07) is 5.05. The van der Waals surface area contributed by atoms with Gasteiger partial charge in [0.25, 0.3) is 0 Å². The molecule has 0 fully saturated rings. The molecule has 0 radical (unpaired) electrons. The zero-order chi connectivity index (χ0) is 14.3. The molecular formula is C14H17NO4. The Morgan fingerprint density at radius 3 is 2.74 bits per heavy atom. The van der Waals surface area contributed by atoms with Crippen LogP contribution < -0.4 is 10.1 Å². The first-order valence-electron chi connectivity index (χ1n) is 5.87. The number of nitrogens with one attached hydrogen (secondary N) is 1. The second kappa shape index (κ2) is 7.20. The number of ether oxygens (including phenoxy) is 1. The van der Waals surface area contributed by atoms with Gasteiger partial charge in [-0.25, -0.2) is 4.79 Å². The molecular weight excluding hydrogens is 246 g/mol. The Bertz CT molecular complexity index is 494. The fourth-order valence-electron chi connectivity index (χ4n) is 1.63. The van der Waals surface area contributed by atoms with Crippen molar-refractivity contribution in [2.75, 3.05) is 13.7 Å². The maximum Gasteiger partial charge on any atom is 0.340 e. The molecule has 1 aromatic rings. The molecule has 1 aromatic carbocycles. The van der Waals surface area contributed by atoms with Crippen molar-refractivity contribution in [3.05, 3.63) is 35.4 Å². The van der Waals surface area contributed by atoms with Crippen LogP contribution >= 0.6 is 0 Å². The highest BCUT2D eigenvalue weighted by atomic mass is 16.5. The molecule has 0 bridgehead atoms. The van der Waals surface area contributed by atoms with Crippen molar-refractivity contribution < 1.29 is 19.4 Å². The minimum atomic E-state index is -1.03. The maximum absolute atomic E-state index is 11.2. The number of benzene rings is 1. The van der Waals surface area contributed by atoms with Crippen LogP contribution in [-0.2, 0) is 4.79 Å². The molecule has 0 aromatic heterocycles. The molecule has 5 nitrogen and oxygen atoms in total. The van der Waals surface area contributed by atoms with E-state index in [4.69, 9.17) is 4.74 Å². The van der Waals surface area contributed by atoms with Gasteiger partial charge in [0, 0.05) is 13.5 Å². The second-order valence-corrected chi connectivity index (χ2v) is 3.90. The highest BCUT2D eigenvalue weighted by Crippen LogP contribution is 2.23. The van der Waals surface area contributed by atoms with Gasteiger partial charge in [-0.1, -0.05) is 24.3 Å². The third-order valence-corrected chi connectivity index (χ3v) is 2.47. The molecule has 0 aliphatic heterocycles. The third kappa shape index (κ3) is 4.46. The van der Waals surface area contributed by atoms with Crippen molar-refractivity contribution >= 4 is 18.0 Å². The molecule has 0 heterocycles. The van der Waals surface area contributed by atoms with Crippen molar-refractivity contribution in [2.45, 2.75) is 13.3 Å². The molecule has 0 saturated carbocycles. The van der Waals surface area contributed by atoms with Gasteiger partial charge in [0.05, 0.1) is 7.11 Å². The first kappa shape index (κ1) is 14.8. The topological polar surface area (TPSA) is 75.6 Å². The first-order chi connectivity index (χ1) is 9.06. The fourth-order valence-corrected chi connectivity index (χ4v) is 1.63. The Hall–Kier alpha value is -2.30. The summed E-state index contributed by atoms with van der Waals surface area (Å²) in [6.07, 6.45) is 4.17. The van der Waals surface area contributed by atoms with E-state index in [2.05, 4.69) is 5.32 Å². The minimum absolute atomic E-state index is 0.0824. The fraction of sp³-hybridized carbons (Fsp3) is 0.286. The quantitative estimate of drug-likeness (QED) is 0.769. The number of hydrogen-bond donors (Lipinski definition) is 2. The van der Waals surface area contributed by atoms with Crippen molar-refractivity contribution in [3.8, 4) is 5.75 Å². The summed E-state index contributed by atoms with van der Waals surface area (Å²) in [5, 5.41) is 11.8. The van der Waals surface area contributed by atoms with E-state index in [0.717, 1.165) is 0 Å². The SMILES string of the molecule is COc1cccc(C=CCCNC(C)=O)c1C(=O)O. The molecule has 1 amide bonds. The minimum Gasteiger partial charge on any atom is -0.496 e. The zero-order valence-corrected chi connectivity index (χ0v) is 11.0. The molecule has 0 aliphatic rings. The number of aromatic carboxylic acids is 1. The van der Waals surface area contributed by atoms with Gasteiger partial charge in [-0.2, -0.15) is 0 Å². The van der Waals surface area contributed by atoms with Gasteiger partial charge in [-0.3, -0.25) is 4.79 Å². The molecule has 5 heteroatoms. The molecule has 1 rings (SSSR count). The van der Waals surface area contributed by atoms with E-state index in [1.54, 1.807) is 24.3 Å². The number of carbonyl (C=O) groups is 2. The number of rotatable bonds is 6. The van der Waals surface area contributed by atoms with Crippen LogP contribution in [0.4, 0.5) is 0 Å². The summed E-state index contributed by atoms with van der Waals surface area (Å²) < 4.78 is 5.03. The summed E-state index contributed by atoms with van der Waals surface area (Å²) in [5.41, 5.74) is 0.718. The van der Waals surface area contributed by atoms with Gasteiger partial charge in [0.15, 0.2) is 0 Å². The highest BCUT2D eigenvalue weighted by Gasteiger charge is 2.13. The van der Waals surface area contributed by atoms with Crippen LogP contribution in [0.5, 0.6) is 5.75 Å². The van der Waals surface area contributed by atoms with E-state index in [1.807, 2.05) is 6.08 Å². The average molecular weight is 263 g/mol. The van der Waals surface area contributed by atoms with Gasteiger partial charge in [0.1, 0.15) is 11.3 Å². The smallest absolute Gasteiger partial charge is 0.340 e. The monoisotopic (exact) mass is 263 g/mol. The van der Waals surface area contributed by atoms with Crippen molar-refractivity contribution in [3.63, 3.8) is 0 Å². The maximum atomic E-state index is 11.2. The Kier molecular flexibility index (Phi) is 5.60. The Morgan fingerprint density at radius 1 is 1.42 bits per heavy atom. The van der Waals surface area contributed by atoms with Crippen LogP contribution in [0.25, 0.3) is 6.08 Å². The van der Waals surface area contributed by atoms with E-state index < -0.39 is 5.97 Å². The summed E-state index contributed by atoms with van der Waals surface area (Å²) in [6.45, 7) is 1.98. The predicted octanol–water partition coefficient (Wildman–Crippen LogP) is 1.93. The number of carbonyl (C=O) groups excluding carboxylic acids is 1. The second-order valence-electron chi connectivity index (χ2n) is 3.90. The summed E-state index contributed by atoms with van der Waals surface area (Å²) in [7, 11) is 1.44. The van der Waals surface area contributed by atoms with Crippen LogP contribution in [-0.4, -0.2) is 30.6 Å². The normalized spacial score (nSPS) is 10.4. The number of carboxylic acid groups (broad SMARTS) is 1. The summed E-state index contributed by atoms with van der Waals surface area (Å²) >= 11 is 0. The summed E-state index contributed by atoms with van der Waals surface area (Å²) in [5.74, 6) is -0.781.